The molecule has 0 saturated carbocycles. The summed E-state index contributed by atoms with van der Waals surface area (Å²) in [6.45, 7) is 12.0. The van der Waals surface area contributed by atoms with E-state index in [0.29, 0.717) is 5.41 Å². The summed E-state index contributed by atoms with van der Waals surface area (Å²) in [5, 5.41) is 0. The first-order valence-corrected chi connectivity index (χ1v) is 11.2. The second kappa shape index (κ2) is 15.5. The molecule has 0 aromatic carbocycles. The van der Waals surface area contributed by atoms with Gasteiger partial charge in [-0.2, -0.15) is 0 Å². The lowest BCUT2D eigenvalue weighted by Crippen LogP contribution is -2.28. The third-order valence-corrected chi connectivity index (χ3v) is 6.30. The van der Waals surface area contributed by atoms with Gasteiger partial charge in [-0.1, -0.05) is 125 Å². The highest BCUT2D eigenvalue weighted by Crippen LogP contribution is 2.44. The van der Waals surface area contributed by atoms with Gasteiger partial charge in [-0.25, -0.2) is 0 Å². The Balaban J connectivity index is 4.36. The molecule has 0 heteroatoms. The highest BCUT2D eigenvalue weighted by Gasteiger charge is 2.32. The number of unbranched alkanes of at least 4 members (excludes halogenated alkanes) is 9. The largest absolute Gasteiger partial charge is 0.0654 e. The van der Waals surface area contributed by atoms with Crippen LogP contribution in [0, 0.1) is 11.3 Å². The molecule has 0 spiro atoms. The minimum atomic E-state index is 0.647. The minimum Gasteiger partial charge on any atom is -0.0654 e. The Kier molecular flexibility index (Phi) is 15.5. The lowest BCUT2D eigenvalue weighted by molar-refractivity contribution is 0.114. The predicted octanol–water partition coefficient (Wildman–Crippen LogP) is 8.93. The molecule has 0 rings (SSSR count). The summed E-state index contributed by atoms with van der Waals surface area (Å²) in [7, 11) is 0. The van der Waals surface area contributed by atoms with Crippen LogP contribution in [0.4, 0.5) is 0 Å². The smallest absolute Gasteiger partial charge is 0.0274 e. The SMILES string of the molecule is CCCCCCCCC(C)C(CC)(CCCCC)CCCCC. The van der Waals surface area contributed by atoms with E-state index in [1.807, 2.05) is 0 Å². The monoisotopic (exact) mass is 324 g/mol. The molecule has 0 N–H and O–H groups in total. The molecule has 1 unspecified atom stereocenters. The average Bonchev–Trinajstić information content (AvgIpc) is 2.56. The van der Waals surface area contributed by atoms with Crippen molar-refractivity contribution in [2.45, 2.75) is 137 Å². The Bertz CT molecular complexity index is 220. The number of hydrogen-bond donors (Lipinski definition) is 0. The molecule has 0 nitrogen and oxygen atoms in total. The quantitative estimate of drug-likeness (QED) is 0.234. The first-order valence-electron chi connectivity index (χ1n) is 11.2. The van der Waals surface area contributed by atoms with E-state index in [1.54, 1.807) is 0 Å². The van der Waals surface area contributed by atoms with Crippen LogP contribution in [-0.2, 0) is 0 Å². The van der Waals surface area contributed by atoms with Gasteiger partial charge in [-0.3, -0.25) is 0 Å². The summed E-state index contributed by atoms with van der Waals surface area (Å²) in [6, 6.07) is 0. The second-order valence-corrected chi connectivity index (χ2v) is 8.09. The molecule has 0 radical (unpaired) electrons. The summed E-state index contributed by atoms with van der Waals surface area (Å²) in [5.41, 5.74) is 0.647. The number of rotatable bonds is 17. The van der Waals surface area contributed by atoms with Crippen molar-refractivity contribution >= 4 is 0 Å². The number of hydrogen-bond acceptors (Lipinski definition) is 0. The second-order valence-electron chi connectivity index (χ2n) is 8.09. The molecule has 0 aliphatic carbocycles. The van der Waals surface area contributed by atoms with Crippen molar-refractivity contribution in [2.24, 2.45) is 11.3 Å². The van der Waals surface area contributed by atoms with Gasteiger partial charge in [0.2, 0.25) is 0 Å². The van der Waals surface area contributed by atoms with Crippen LogP contribution in [0.5, 0.6) is 0 Å². The fourth-order valence-electron chi connectivity index (χ4n) is 4.31. The van der Waals surface area contributed by atoms with Gasteiger partial charge in [-0.05, 0) is 24.2 Å². The zero-order chi connectivity index (χ0) is 17.4. The van der Waals surface area contributed by atoms with Gasteiger partial charge in [0.1, 0.15) is 0 Å². The first-order chi connectivity index (χ1) is 11.2. The Labute approximate surface area is 149 Å². The van der Waals surface area contributed by atoms with Crippen LogP contribution in [0.2, 0.25) is 0 Å². The van der Waals surface area contributed by atoms with Crippen molar-refractivity contribution in [2.75, 3.05) is 0 Å². The van der Waals surface area contributed by atoms with Gasteiger partial charge < -0.3 is 0 Å². The molecular weight excluding hydrogens is 276 g/mol. The van der Waals surface area contributed by atoms with Gasteiger partial charge in [0.25, 0.3) is 0 Å². The topological polar surface area (TPSA) is 0 Å². The van der Waals surface area contributed by atoms with E-state index >= 15 is 0 Å². The molecule has 140 valence electrons. The molecule has 0 aliphatic rings. The lowest BCUT2D eigenvalue weighted by Gasteiger charge is -2.39. The van der Waals surface area contributed by atoms with E-state index in [2.05, 4.69) is 34.6 Å². The summed E-state index contributed by atoms with van der Waals surface area (Å²) in [5.74, 6) is 0.924. The van der Waals surface area contributed by atoms with Gasteiger partial charge in [0.05, 0.1) is 0 Å². The zero-order valence-corrected chi connectivity index (χ0v) is 17.4. The van der Waals surface area contributed by atoms with Crippen molar-refractivity contribution in [3.05, 3.63) is 0 Å². The lowest BCUT2D eigenvalue weighted by atomic mass is 9.66. The average molecular weight is 325 g/mol. The predicted molar refractivity (Wildman–Crippen MR) is 108 cm³/mol. The van der Waals surface area contributed by atoms with E-state index in [1.165, 1.54) is 103 Å². The molecule has 23 heavy (non-hydrogen) atoms. The van der Waals surface area contributed by atoms with Crippen molar-refractivity contribution in [1.82, 2.24) is 0 Å². The Morgan fingerprint density at radius 3 is 1.48 bits per heavy atom. The molecule has 0 aromatic rings. The Hall–Kier alpha value is 0. The van der Waals surface area contributed by atoms with Gasteiger partial charge in [0, 0.05) is 0 Å². The molecular formula is C23H48. The van der Waals surface area contributed by atoms with Gasteiger partial charge in [0.15, 0.2) is 0 Å². The molecule has 1 atom stereocenters. The molecule has 0 fully saturated rings. The fourth-order valence-corrected chi connectivity index (χ4v) is 4.31. The molecule has 0 saturated heterocycles. The third kappa shape index (κ3) is 10.5. The van der Waals surface area contributed by atoms with E-state index in [9.17, 15) is 0 Å². The van der Waals surface area contributed by atoms with E-state index in [-0.39, 0.29) is 0 Å². The van der Waals surface area contributed by atoms with Crippen LogP contribution in [0.1, 0.15) is 137 Å². The standard InChI is InChI=1S/C23H48/c1-6-10-13-14-15-16-19-22(5)23(9-4,20-17-11-7-2)21-18-12-8-3/h22H,6-21H2,1-5H3. The van der Waals surface area contributed by atoms with Crippen LogP contribution in [0.15, 0.2) is 0 Å². The zero-order valence-electron chi connectivity index (χ0n) is 17.4. The van der Waals surface area contributed by atoms with E-state index in [4.69, 9.17) is 0 Å². The van der Waals surface area contributed by atoms with Crippen LogP contribution in [0.3, 0.4) is 0 Å². The first kappa shape index (κ1) is 23.0. The van der Waals surface area contributed by atoms with Gasteiger partial charge >= 0.3 is 0 Å². The summed E-state index contributed by atoms with van der Waals surface area (Å²) in [4.78, 5) is 0. The van der Waals surface area contributed by atoms with Crippen LogP contribution in [-0.4, -0.2) is 0 Å². The summed E-state index contributed by atoms with van der Waals surface area (Å²) < 4.78 is 0. The molecule has 0 aliphatic heterocycles. The van der Waals surface area contributed by atoms with E-state index in [0.717, 1.165) is 5.92 Å². The maximum absolute atomic E-state index is 2.58. The van der Waals surface area contributed by atoms with Crippen molar-refractivity contribution < 1.29 is 0 Å². The van der Waals surface area contributed by atoms with E-state index < -0.39 is 0 Å². The van der Waals surface area contributed by atoms with Crippen molar-refractivity contribution in [3.8, 4) is 0 Å². The maximum atomic E-state index is 2.58. The highest BCUT2D eigenvalue weighted by molar-refractivity contribution is 4.83. The van der Waals surface area contributed by atoms with Gasteiger partial charge in [-0.15, -0.1) is 0 Å². The maximum Gasteiger partial charge on any atom is -0.0274 e. The molecule has 0 bridgehead atoms. The summed E-state index contributed by atoms with van der Waals surface area (Å²) in [6.07, 6.45) is 23.0. The van der Waals surface area contributed by atoms with Crippen molar-refractivity contribution in [1.29, 1.82) is 0 Å². The molecule has 0 amide bonds. The summed E-state index contributed by atoms with van der Waals surface area (Å²) >= 11 is 0. The fraction of sp³-hybridized carbons (Fsp3) is 1.00. The van der Waals surface area contributed by atoms with Crippen LogP contribution >= 0.6 is 0 Å². The third-order valence-electron chi connectivity index (χ3n) is 6.30. The molecule has 0 aromatic heterocycles. The Morgan fingerprint density at radius 2 is 1.00 bits per heavy atom. The highest BCUT2D eigenvalue weighted by atomic mass is 14.4. The van der Waals surface area contributed by atoms with Crippen molar-refractivity contribution in [3.63, 3.8) is 0 Å². The molecule has 0 heterocycles. The normalized spacial score (nSPS) is 13.4. The Morgan fingerprint density at radius 1 is 0.565 bits per heavy atom. The van der Waals surface area contributed by atoms with Crippen LogP contribution in [0.25, 0.3) is 0 Å². The van der Waals surface area contributed by atoms with Crippen LogP contribution < -0.4 is 0 Å². The minimum absolute atomic E-state index is 0.647.